The fourth-order valence-electron chi connectivity index (χ4n) is 1.68. The van der Waals surface area contributed by atoms with Crippen LogP contribution in [-0.4, -0.2) is 19.9 Å². The molecule has 2 rings (SSSR count). The normalized spacial score (nSPS) is 10.4. The van der Waals surface area contributed by atoms with Gasteiger partial charge in [0.25, 0.3) is 0 Å². The molecule has 0 saturated heterocycles. The van der Waals surface area contributed by atoms with E-state index in [1.165, 1.54) is 5.56 Å². The maximum atomic E-state index is 10.5. The summed E-state index contributed by atoms with van der Waals surface area (Å²) in [5, 5.41) is 3.12. The molecule has 0 spiro atoms. The molecule has 0 aliphatic carbocycles. The Balaban J connectivity index is 2.14. The number of carbonyl (C=O) groups excluding carboxylic acids is 1. The second kappa shape index (κ2) is 5.46. The van der Waals surface area contributed by atoms with Crippen LogP contribution in [0.15, 0.2) is 40.8 Å². The lowest BCUT2D eigenvalue weighted by Crippen LogP contribution is -2.10. The maximum Gasteiger partial charge on any atom is 0.185 e. The lowest BCUT2D eigenvalue weighted by Gasteiger charge is -2.02. The van der Waals surface area contributed by atoms with Crippen molar-refractivity contribution >= 4 is 6.29 Å². The minimum atomic E-state index is 0.360. The highest BCUT2D eigenvalue weighted by Crippen LogP contribution is 2.21. The van der Waals surface area contributed by atoms with Crippen molar-refractivity contribution in [2.45, 2.75) is 6.42 Å². The molecule has 0 aliphatic heterocycles. The van der Waals surface area contributed by atoms with E-state index in [4.69, 9.17) is 4.42 Å². The molecule has 1 aromatic heterocycles. The van der Waals surface area contributed by atoms with Crippen LogP contribution in [0, 0.1) is 0 Å². The van der Waals surface area contributed by atoms with Crippen LogP contribution in [0.4, 0.5) is 0 Å². The van der Waals surface area contributed by atoms with Crippen molar-refractivity contribution in [2.75, 3.05) is 13.6 Å². The van der Waals surface area contributed by atoms with Gasteiger partial charge < -0.3 is 9.73 Å². The standard InChI is InChI=1S/C14H15NO2/c1-15-9-8-11-2-4-12(5-3-11)14-7-6-13(10-16)17-14/h2-7,10,15H,8-9H2,1H3. The minimum absolute atomic E-state index is 0.360. The van der Waals surface area contributed by atoms with Crippen LogP contribution in [-0.2, 0) is 6.42 Å². The fourth-order valence-corrected chi connectivity index (χ4v) is 1.68. The topological polar surface area (TPSA) is 42.2 Å². The van der Waals surface area contributed by atoms with Gasteiger partial charge in [0.15, 0.2) is 12.0 Å². The van der Waals surface area contributed by atoms with Crippen molar-refractivity contribution in [1.82, 2.24) is 5.32 Å². The molecule has 0 saturated carbocycles. The van der Waals surface area contributed by atoms with E-state index in [0.717, 1.165) is 24.3 Å². The first-order valence-corrected chi connectivity index (χ1v) is 5.62. The van der Waals surface area contributed by atoms with E-state index in [0.29, 0.717) is 12.0 Å². The van der Waals surface area contributed by atoms with Crippen LogP contribution in [0.2, 0.25) is 0 Å². The second-order valence-corrected chi connectivity index (χ2v) is 3.87. The summed E-state index contributed by atoms with van der Waals surface area (Å²) < 4.78 is 5.36. The van der Waals surface area contributed by atoms with E-state index in [1.807, 2.05) is 25.2 Å². The number of nitrogens with one attached hydrogen (secondary N) is 1. The van der Waals surface area contributed by atoms with Crippen molar-refractivity contribution in [3.8, 4) is 11.3 Å². The molecular formula is C14H15NO2. The summed E-state index contributed by atoms with van der Waals surface area (Å²) in [6.45, 7) is 0.968. The zero-order chi connectivity index (χ0) is 12.1. The Hall–Kier alpha value is -1.87. The number of hydrogen-bond donors (Lipinski definition) is 1. The molecule has 0 amide bonds. The molecule has 0 atom stereocenters. The van der Waals surface area contributed by atoms with E-state index < -0.39 is 0 Å². The number of benzene rings is 1. The highest BCUT2D eigenvalue weighted by Gasteiger charge is 2.03. The first-order valence-electron chi connectivity index (χ1n) is 5.62. The lowest BCUT2D eigenvalue weighted by molar-refractivity contribution is 0.110. The number of furan rings is 1. The van der Waals surface area contributed by atoms with Crippen molar-refractivity contribution in [1.29, 1.82) is 0 Å². The molecule has 1 N–H and O–H groups in total. The monoisotopic (exact) mass is 229 g/mol. The maximum absolute atomic E-state index is 10.5. The number of carbonyl (C=O) groups is 1. The Bertz CT molecular complexity index is 485. The van der Waals surface area contributed by atoms with E-state index in [9.17, 15) is 4.79 Å². The zero-order valence-electron chi connectivity index (χ0n) is 9.77. The highest BCUT2D eigenvalue weighted by molar-refractivity contribution is 5.72. The first-order chi connectivity index (χ1) is 8.33. The summed E-state index contributed by atoms with van der Waals surface area (Å²) in [5.41, 5.74) is 2.27. The Morgan fingerprint density at radius 1 is 1.18 bits per heavy atom. The predicted molar refractivity (Wildman–Crippen MR) is 67.2 cm³/mol. The summed E-state index contributed by atoms with van der Waals surface area (Å²) in [5.74, 6) is 1.09. The predicted octanol–water partition coefficient (Wildman–Crippen LogP) is 2.52. The zero-order valence-corrected chi connectivity index (χ0v) is 9.77. The summed E-state index contributed by atoms with van der Waals surface area (Å²) in [6, 6.07) is 11.7. The summed E-state index contributed by atoms with van der Waals surface area (Å²) in [6.07, 6.45) is 1.72. The van der Waals surface area contributed by atoms with Gasteiger partial charge in [0.1, 0.15) is 5.76 Å². The van der Waals surface area contributed by atoms with Crippen LogP contribution in [0.1, 0.15) is 16.1 Å². The van der Waals surface area contributed by atoms with E-state index in [-0.39, 0.29) is 0 Å². The van der Waals surface area contributed by atoms with Crippen LogP contribution >= 0.6 is 0 Å². The molecule has 0 fully saturated rings. The third kappa shape index (κ3) is 2.82. The van der Waals surface area contributed by atoms with Gasteiger partial charge in [-0.2, -0.15) is 0 Å². The Labute approximate surface area is 100 Å². The average molecular weight is 229 g/mol. The van der Waals surface area contributed by atoms with Gasteiger partial charge in [0.2, 0.25) is 0 Å². The second-order valence-electron chi connectivity index (χ2n) is 3.87. The quantitative estimate of drug-likeness (QED) is 0.801. The SMILES string of the molecule is CNCCc1ccc(-c2ccc(C=O)o2)cc1. The van der Waals surface area contributed by atoms with Gasteiger partial charge in [-0.05, 0) is 37.7 Å². The molecule has 3 nitrogen and oxygen atoms in total. The van der Waals surface area contributed by atoms with Gasteiger partial charge in [-0.1, -0.05) is 24.3 Å². The van der Waals surface area contributed by atoms with Gasteiger partial charge in [-0.25, -0.2) is 0 Å². The van der Waals surface area contributed by atoms with Gasteiger partial charge in [0, 0.05) is 5.56 Å². The number of aldehydes is 1. The molecule has 0 unspecified atom stereocenters. The number of rotatable bonds is 5. The Morgan fingerprint density at radius 2 is 1.94 bits per heavy atom. The smallest absolute Gasteiger partial charge is 0.185 e. The highest BCUT2D eigenvalue weighted by atomic mass is 16.3. The van der Waals surface area contributed by atoms with Crippen LogP contribution in [0.3, 0.4) is 0 Å². The summed E-state index contributed by atoms with van der Waals surface area (Å²) >= 11 is 0. The molecule has 17 heavy (non-hydrogen) atoms. The minimum Gasteiger partial charge on any atom is -0.453 e. The van der Waals surface area contributed by atoms with Crippen molar-refractivity contribution in [3.05, 3.63) is 47.7 Å². The number of likely N-dealkylation sites (N-methyl/N-ethyl adjacent to an activating group) is 1. The molecule has 3 heteroatoms. The summed E-state index contributed by atoms with van der Waals surface area (Å²) in [4.78, 5) is 10.5. The third-order valence-corrected chi connectivity index (χ3v) is 2.65. The van der Waals surface area contributed by atoms with Crippen molar-refractivity contribution < 1.29 is 9.21 Å². The molecule has 0 aliphatic rings. The fraction of sp³-hybridized carbons (Fsp3) is 0.214. The molecule has 2 aromatic rings. The molecule has 88 valence electrons. The third-order valence-electron chi connectivity index (χ3n) is 2.65. The molecular weight excluding hydrogens is 214 g/mol. The molecule has 0 radical (unpaired) electrons. The molecule has 0 bridgehead atoms. The van der Waals surface area contributed by atoms with Crippen molar-refractivity contribution in [3.63, 3.8) is 0 Å². The average Bonchev–Trinajstić information content (AvgIpc) is 2.86. The van der Waals surface area contributed by atoms with Gasteiger partial charge in [-0.3, -0.25) is 4.79 Å². The van der Waals surface area contributed by atoms with E-state index >= 15 is 0 Å². The van der Waals surface area contributed by atoms with Crippen LogP contribution in [0.25, 0.3) is 11.3 Å². The van der Waals surface area contributed by atoms with E-state index in [1.54, 1.807) is 6.07 Å². The van der Waals surface area contributed by atoms with Crippen LogP contribution < -0.4 is 5.32 Å². The lowest BCUT2D eigenvalue weighted by atomic mass is 10.1. The van der Waals surface area contributed by atoms with E-state index in [2.05, 4.69) is 17.4 Å². The first kappa shape index (κ1) is 11.6. The Kier molecular flexibility index (Phi) is 3.73. The van der Waals surface area contributed by atoms with Gasteiger partial charge in [-0.15, -0.1) is 0 Å². The largest absolute Gasteiger partial charge is 0.453 e. The molecule has 1 aromatic carbocycles. The number of hydrogen-bond acceptors (Lipinski definition) is 3. The molecule has 1 heterocycles. The summed E-state index contributed by atoms with van der Waals surface area (Å²) in [7, 11) is 1.94. The van der Waals surface area contributed by atoms with Gasteiger partial charge in [0.05, 0.1) is 0 Å². The Morgan fingerprint density at radius 3 is 2.53 bits per heavy atom. The van der Waals surface area contributed by atoms with Crippen LogP contribution in [0.5, 0.6) is 0 Å². The van der Waals surface area contributed by atoms with Gasteiger partial charge >= 0.3 is 0 Å². The van der Waals surface area contributed by atoms with Crippen molar-refractivity contribution in [2.24, 2.45) is 0 Å².